The van der Waals surface area contributed by atoms with Crippen LogP contribution in [0, 0.1) is 0 Å². The Morgan fingerprint density at radius 1 is 1.32 bits per heavy atom. The molecule has 28 heavy (non-hydrogen) atoms. The molecule has 0 radical (unpaired) electrons. The fraction of sp³-hybridized carbons (Fsp3) is 0.526. The van der Waals surface area contributed by atoms with Crippen molar-refractivity contribution in [3.05, 3.63) is 42.1 Å². The van der Waals surface area contributed by atoms with Gasteiger partial charge in [0.2, 0.25) is 0 Å². The van der Waals surface area contributed by atoms with E-state index in [0.29, 0.717) is 18.8 Å². The zero-order valence-corrected chi connectivity index (χ0v) is 17.0. The van der Waals surface area contributed by atoms with Crippen LogP contribution in [0.15, 0.2) is 40.2 Å². The number of hydrogen-bond donors (Lipinski definition) is 1. The van der Waals surface area contributed by atoms with Gasteiger partial charge in [-0.15, -0.1) is 0 Å². The molecule has 1 saturated heterocycles. The summed E-state index contributed by atoms with van der Waals surface area (Å²) < 4.78 is 7.04. The van der Waals surface area contributed by atoms with Crippen molar-refractivity contribution in [1.82, 2.24) is 29.8 Å². The second kappa shape index (κ2) is 8.92. The van der Waals surface area contributed by atoms with E-state index < -0.39 is 0 Å². The molecular weight excluding hydrogens is 358 g/mol. The fourth-order valence-corrected chi connectivity index (χ4v) is 3.41. The Morgan fingerprint density at radius 2 is 2.04 bits per heavy atom. The third-order valence-corrected chi connectivity index (χ3v) is 5.00. The summed E-state index contributed by atoms with van der Waals surface area (Å²) in [4.78, 5) is 23.0. The minimum absolute atomic E-state index is 0.0585. The van der Waals surface area contributed by atoms with E-state index in [1.54, 1.807) is 19.2 Å². The number of nitrogens with one attached hydrogen (secondary N) is 1. The Kier molecular flexibility index (Phi) is 6.35. The van der Waals surface area contributed by atoms with E-state index in [2.05, 4.69) is 39.3 Å². The smallest absolute Gasteiger partial charge is 0.289 e. The molecule has 1 atom stereocenters. The molecule has 1 amide bonds. The highest BCUT2D eigenvalue weighted by Gasteiger charge is 2.26. The number of likely N-dealkylation sites (N-methyl/N-ethyl adjacent to an activating group) is 1. The summed E-state index contributed by atoms with van der Waals surface area (Å²) in [6.07, 6.45) is 5.46. The molecule has 0 saturated carbocycles. The van der Waals surface area contributed by atoms with Crippen LogP contribution < -0.4 is 5.32 Å². The predicted octanol–water partition coefficient (Wildman–Crippen LogP) is 0.649. The number of aryl methyl sites for hydroxylation is 1. The highest BCUT2D eigenvalue weighted by Crippen LogP contribution is 2.16. The number of hydrogen-bond acceptors (Lipinski definition) is 5. The molecule has 0 aliphatic carbocycles. The van der Waals surface area contributed by atoms with E-state index >= 15 is 0 Å². The number of guanidine groups is 1. The summed E-state index contributed by atoms with van der Waals surface area (Å²) in [5, 5.41) is 7.75. The zero-order valence-electron chi connectivity index (χ0n) is 17.0. The predicted molar refractivity (Wildman–Crippen MR) is 107 cm³/mol. The third-order valence-electron chi connectivity index (χ3n) is 5.00. The van der Waals surface area contributed by atoms with Crippen LogP contribution >= 0.6 is 0 Å². The molecule has 0 bridgehead atoms. The van der Waals surface area contributed by atoms with Gasteiger partial charge in [0, 0.05) is 58.6 Å². The van der Waals surface area contributed by atoms with Crippen LogP contribution in [0.4, 0.5) is 0 Å². The lowest BCUT2D eigenvalue weighted by Crippen LogP contribution is -2.54. The lowest BCUT2D eigenvalue weighted by atomic mass is 10.1. The number of furan rings is 1. The van der Waals surface area contributed by atoms with Crippen molar-refractivity contribution in [3.63, 3.8) is 0 Å². The molecule has 1 unspecified atom stereocenters. The quantitative estimate of drug-likeness (QED) is 0.599. The SMILES string of the molecule is CN=C(NCC(c1cnn(C)c1)N(C)C)N1CCN(C(=O)c2ccco2)CC1. The first-order valence-corrected chi connectivity index (χ1v) is 9.43. The first-order chi connectivity index (χ1) is 13.5. The van der Waals surface area contributed by atoms with Crippen molar-refractivity contribution in [2.45, 2.75) is 6.04 Å². The van der Waals surface area contributed by atoms with Crippen LogP contribution in [0.25, 0.3) is 0 Å². The normalized spacial score (nSPS) is 16.5. The minimum atomic E-state index is -0.0585. The van der Waals surface area contributed by atoms with Gasteiger partial charge in [0.15, 0.2) is 11.7 Å². The van der Waals surface area contributed by atoms with Crippen LogP contribution in [0.3, 0.4) is 0 Å². The summed E-state index contributed by atoms with van der Waals surface area (Å²) in [7, 11) is 7.83. The van der Waals surface area contributed by atoms with Crippen molar-refractivity contribution in [1.29, 1.82) is 0 Å². The monoisotopic (exact) mass is 387 g/mol. The molecule has 3 heterocycles. The van der Waals surface area contributed by atoms with Gasteiger partial charge < -0.3 is 24.4 Å². The van der Waals surface area contributed by atoms with Crippen LogP contribution in [-0.4, -0.2) is 90.2 Å². The van der Waals surface area contributed by atoms with E-state index in [1.165, 1.54) is 6.26 Å². The van der Waals surface area contributed by atoms with Gasteiger partial charge in [-0.1, -0.05) is 0 Å². The number of rotatable bonds is 5. The molecule has 2 aromatic rings. The minimum Gasteiger partial charge on any atom is -0.459 e. The topological polar surface area (TPSA) is 82.1 Å². The third kappa shape index (κ3) is 4.53. The molecule has 1 aliphatic rings. The average molecular weight is 387 g/mol. The molecular formula is C19H29N7O2. The molecule has 2 aromatic heterocycles. The maximum Gasteiger partial charge on any atom is 0.289 e. The first-order valence-electron chi connectivity index (χ1n) is 9.43. The fourth-order valence-electron chi connectivity index (χ4n) is 3.41. The van der Waals surface area contributed by atoms with E-state index in [0.717, 1.165) is 31.2 Å². The molecule has 0 aromatic carbocycles. The van der Waals surface area contributed by atoms with Crippen molar-refractivity contribution in [3.8, 4) is 0 Å². The maximum absolute atomic E-state index is 12.4. The van der Waals surface area contributed by atoms with Gasteiger partial charge >= 0.3 is 0 Å². The summed E-state index contributed by atoms with van der Waals surface area (Å²) in [5.74, 6) is 1.18. The van der Waals surface area contributed by atoms with Gasteiger partial charge in [0.05, 0.1) is 18.5 Å². The van der Waals surface area contributed by atoms with Crippen LogP contribution in [-0.2, 0) is 7.05 Å². The van der Waals surface area contributed by atoms with E-state index in [1.807, 2.05) is 29.0 Å². The molecule has 1 fully saturated rings. The second-order valence-electron chi connectivity index (χ2n) is 7.11. The van der Waals surface area contributed by atoms with Crippen LogP contribution in [0.5, 0.6) is 0 Å². The Hall–Kier alpha value is -2.81. The highest BCUT2D eigenvalue weighted by atomic mass is 16.3. The lowest BCUT2D eigenvalue weighted by Gasteiger charge is -2.36. The molecule has 9 nitrogen and oxygen atoms in total. The molecule has 3 rings (SSSR count). The van der Waals surface area contributed by atoms with E-state index in [-0.39, 0.29) is 11.9 Å². The summed E-state index contributed by atoms with van der Waals surface area (Å²) in [5.41, 5.74) is 1.16. The number of nitrogens with zero attached hydrogens (tertiary/aromatic N) is 6. The number of piperazine rings is 1. The Balaban J connectivity index is 1.55. The van der Waals surface area contributed by atoms with Crippen LogP contribution in [0.1, 0.15) is 22.2 Å². The number of aliphatic imine (C=N–C) groups is 1. The number of carbonyl (C=O) groups excluding carboxylic acids is 1. The Morgan fingerprint density at radius 3 is 2.57 bits per heavy atom. The molecule has 1 N–H and O–H groups in total. The second-order valence-corrected chi connectivity index (χ2v) is 7.11. The summed E-state index contributed by atoms with van der Waals surface area (Å²) in [6, 6.07) is 3.63. The molecule has 0 spiro atoms. The van der Waals surface area contributed by atoms with Crippen molar-refractivity contribution in [2.24, 2.45) is 12.0 Å². The Bertz CT molecular complexity index is 789. The number of carbonyl (C=O) groups is 1. The zero-order chi connectivity index (χ0) is 20.1. The summed E-state index contributed by atoms with van der Waals surface area (Å²) in [6.45, 7) is 3.45. The number of amides is 1. The maximum atomic E-state index is 12.4. The van der Waals surface area contributed by atoms with E-state index in [9.17, 15) is 4.79 Å². The first kappa shape index (κ1) is 19.9. The van der Waals surface area contributed by atoms with Gasteiger partial charge in [0.1, 0.15) is 0 Å². The molecule has 1 aliphatic heterocycles. The molecule has 9 heteroatoms. The van der Waals surface area contributed by atoms with Gasteiger partial charge in [-0.25, -0.2) is 0 Å². The molecule has 152 valence electrons. The van der Waals surface area contributed by atoms with Gasteiger partial charge in [-0.05, 0) is 26.2 Å². The van der Waals surface area contributed by atoms with Crippen molar-refractivity contribution in [2.75, 3.05) is 53.9 Å². The van der Waals surface area contributed by atoms with Crippen LogP contribution in [0.2, 0.25) is 0 Å². The van der Waals surface area contributed by atoms with Crippen molar-refractivity contribution < 1.29 is 9.21 Å². The standard InChI is InChI=1S/C19H29N7O2/c1-20-19(21-13-16(23(2)3)15-12-22-24(4)14-15)26-9-7-25(8-10-26)18(27)17-6-5-11-28-17/h5-6,11-12,14,16H,7-10,13H2,1-4H3,(H,20,21). The largest absolute Gasteiger partial charge is 0.459 e. The van der Waals surface area contributed by atoms with E-state index in [4.69, 9.17) is 4.42 Å². The Labute approximate surface area is 165 Å². The van der Waals surface area contributed by atoms with Gasteiger partial charge in [-0.2, -0.15) is 5.10 Å². The van der Waals surface area contributed by atoms with Gasteiger partial charge in [0.25, 0.3) is 5.91 Å². The summed E-state index contributed by atoms with van der Waals surface area (Å²) >= 11 is 0. The lowest BCUT2D eigenvalue weighted by molar-refractivity contribution is 0.0657. The highest BCUT2D eigenvalue weighted by molar-refractivity contribution is 5.91. The number of aromatic nitrogens is 2. The van der Waals surface area contributed by atoms with Crippen molar-refractivity contribution >= 4 is 11.9 Å². The van der Waals surface area contributed by atoms with Gasteiger partial charge in [-0.3, -0.25) is 14.5 Å². The average Bonchev–Trinajstić information content (AvgIpc) is 3.37.